The monoisotopic (exact) mass is 471 g/mol. The van der Waals surface area contributed by atoms with E-state index in [4.69, 9.17) is 9.97 Å². The Balaban J connectivity index is 1.33. The molecule has 0 saturated carbocycles. The molecule has 36 heavy (non-hydrogen) atoms. The zero-order chi connectivity index (χ0) is 24.5. The maximum Gasteiger partial charge on any atom is 0.229 e. The van der Waals surface area contributed by atoms with Crippen molar-refractivity contribution in [1.82, 2.24) is 9.97 Å². The topological polar surface area (TPSA) is 75.1 Å². The molecule has 0 aliphatic heterocycles. The molecule has 5 heteroatoms. The van der Waals surface area contributed by atoms with Crippen molar-refractivity contribution in [2.24, 2.45) is 0 Å². The van der Waals surface area contributed by atoms with Crippen LogP contribution in [-0.4, -0.2) is 21.0 Å². The highest BCUT2D eigenvalue weighted by Gasteiger charge is 2.23. The van der Waals surface area contributed by atoms with Crippen molar-refractivity contribution < 1.29 is 9.90 Å². The molecule has 0 radical (unpaired) electrons. The number of nitrogens with one attached hydrogen (secondary N) is 1. The first kappa shape index (κ1) is 22.0. The van der Waals surface area contributed by atoms with E-state index in [-0.39, 0.29) is 18.1 Å². The van der Waals surface area contributed by atoms with Gasteiger partial charge < -0.3 is 10.4 Å². The molecule has 1 aliphatic rings. The van der Waals surface area contributed by atoms with Crippen LogP contribution in [0.25, 0.3) is 22.0 Å². The molecule has 1 aliphatic carbocycles. The predicted octanol–water partition coefficient (Wildman–Crippen LogP) is 5.87. The Morgan fingerprint density at radius 2 is 1.61 bits per heavy atom. The number of anilines is 1. The van der Waals surface area contributed by atoms with Crippen LogP contribution in [0.5, 0.6) is 5.75 Å². The van der Waals surface area contributed by atoms with Crippen molar-refractivity contribution in [3.8, 4) is 17.0 Å². The summed E-state index contributed by atoms with van der Waals surface area (Å²) in [7, 11) is 0. The summed E-state index contributed by atoms with van der Waals surface area (Å²) in [6.07, 6.45) is 2.29. The van der Waals surface area contributed by atoms with Crippen LogP contribution in [0.2, 0.25) is 0 Å². The number of rotatable bonds is 5. The van der Waals surface area contributed by atoms with Gasteiger partial charge in [0.15, 0.2) is 5.82 Å². The lowest BCUT2D eigenvalue weighted by Gasteiger charge is -2.21. The summed E-state index contributed by atoms with van der Waals surface area (Å²) in [5, 5.41) is 15.3. The summed E-state index contributed by atoms with van der Waals surface area (Å²) in [6.45, 7) is 0. The zero-order valence-corrected chi connectivity index (χ0v) is 19.7. The minimum Gasteiger partial charge on any atom is -0.508 e. The molecule has 2 N–H and O–H groups in total. The average molecular weight is 472 g/mol. The number of phenols is 1. The molecule has 0 unspecified atom stereocenters. The van der Waals surface area contributed by atoms with E-state index in [0.717, 1.165) is 56.5 Å². The molecule has 0 bridgehead atoms. The van der Waals surface area contributed by atoms with E-state index in [1.165, 1.54) is 0 Å². The van der Waals surface area contributed by atoms with E-state index in [1.807, 2.05) is 60.7 Å². The molecule has 6 rings (SSSR count). The van der Waals surface area contributed by atoms with Gasteiger partial charge in [0.25, 0.3) is 0 Å². The molecule has 176 valence electrons. The van der Waals surface area contributed by atoms with Crippen molar-refractivity contribution >= 4 is 22.5 Å². The largest absolute Gasteiger partial charge is 0.508 e. The van der Waals surface area contributed by atoms with Crippen molar-refractivity contribution in [1.29, 1.82) is 0 Å². The number of fused-ring (bicyclic) bond motifs is 4. The predicted molar refractivity (Wildman–Crippen MR) is 142 cm³/mol. The third-order valence-corrected chi connectivity index (χ3v) is 6.67. The molecular formula is C31H25N3O2. The van der Waals surface area contributed by atoms with Crippen LogP contribution in [0.3, 0.4) is 0 Å². The number of carbonyl (C=O) groups excluding carboxylic acids is 1. The third-order valence-electron chi connectivity index (χ3n) is 6.67. The second-order valence-corrected chi connectivity index (χ2v) is 9.22. The molecule has 5 nitrogen and oxygen atoms in total. The first-order chi connectivity index (χ1) is 17.6. The Labute approximate surface area is 209 Å². The standard InChI is InChI=1S/C31H25N3O2/c35-25-13-14-26-24(19-25)12-15-27-30(26)32-28(17-20-6-2-1-3-7-20)31(33-27)34-29(36)18-21-10-11-22-8-4-5-9-23(22)16-21/h1-11,13-14,16,19,35H,12,15,17-18H2,(H,33,34,36). The minimum atomic E-state index is -0.116. The number of hydrogen-bond acceptors (Lipinski definition) is 4. The Morgan fingerprint density at radius 3 is 2.47 bits per heavy atom. The van der Waals surface area contributed by atoms with Crippen LogP contribution < -0.4 is 5.32 Å². The lowest BCUT2D eigenvalue weighted by atomic mass is 9.91. The average Bonchev–Trinajstić information content (AvgIpc) is 2.89. The van der Waals surface area contributed by atoms with Gasteiger partial charge in [0.1, 0.15) is 5.75 Å². The van der Waals surface area contributed by atoms with Crippen molar-refractivity contribution in [3.05, 3.63) is 119 Å². The maximum atomic E-state index is 13.1. The van der Waals surface area contributed by atoms with Crippen LogP contribution in [-0.2, 0) is 30.5 Å². The highest BCUT2D eigenvalue weighted by atomic mass is 16.3. The summed E-state index contributed by atoms with van der Waals surface area (Å²) in [4.78, 5) is 23.0. The van der Waals surface area contributed by atoms with Gasteiger partial charge in [-0.05, 0) is 58.5 Å². The van der Waals surface area contributed by atoms with Crippen LogP contribution in [0.15, 0.2) is 91.0 Å². The fraction of sp³-hybridized carbons (Fsp3) is 0.129. The van der Waals surface area contributed by atoms with Crippen LogP contribution >= 0.6 is 0 Å². The molecule has 1 aromatic heterocycles. The molecule has 0 saturated heterocycles. The van der Waals surface area contributed by atoms with Gasteiger partial charge in [0.05, 0.1) is 23.5 Å². The maximum absolute atomic E-state index is 13.1. The van der Waals surface area contributed by atoms with E-state index < -0.39 is 0 Å². The van der Waals surface area contributed by atoms with Gasteiger partial charge in [0, 0.05) is 12.0 Å². The Morgan fingerprint density at radius 1 is 0.806 bits per heavy atom. The molecule has 0 fully saturated rings. The molecule has 4 aromatic carbocycles. The summed E-state index contributed by atoms with van der Waals surface area (Å²) in [6, 6.07) is 29.7. The lowest BCUT2D eigenvalue weighted by molar-refractivity contribution is -0.115. The smallest absolute Gasteiger partial charge is 0.229 e. The van der Waals surface area contributed by atoms with Gasteiger partial charge in [-0.25, -0.2) is 9.97 Å². The summed E-state index contributed by atoms with van der Waals surface area (Å²) in [5.74, 6) is 0.660. The van der Waals surface area contributed by atoms with Gasteiger partial charge in [-0.3, -0.25) is 4.79 Å². The van der Waals surface area contributed by atoms with Crippen LogP contribution in [0, 0.1) is 0 Å². The van der Waals surface area contributed by atoms with Gasteiger partial charge in [-0.15, -0.1) is 0 Å². The highest BCUT2D eigenvalue weighted by molar-refractivity contribution is 5.93. The molecule has 0 spiro atoms. The summed E-state index contributed by atoms with van der Waals surface area (Å²) in [5.41, 5.74) is 6.53. The number of aromatic nitrogens is 2. The first-order valence-corrected chi connectivity index (χ1v) is 12.2. The fourth-order valence-electron chi connectivity index (χ4n) is 4.89. The highest BCUT2D eigenvalue weighted by Crippen LogP contribution is 2.35. The Kier molecular flexibility index (Phi) is 5.66. The number of carbonyl (C=O) groups is 1. The number of aromatic hydroxyl groups is 1. The number of amides is 1. The first-order valence-electron chi connectivity index (χ1n) is 12.2. The quantitative estimate of drug-likeness (QED) is 0.336. The van der Waals surface area contributed by atoms with Crippen molar-refractivity contribution in [2.75, 3.05) is 5.32 Å². The number of hydrogen-bond donors (Lipinski definition) is 2. The van der Waals surface area contributed by atoms with Crippen molar-refractivity contribution in [2.45, 2.75) is 25.7 Å². The van der Waals surface area contributed by atoms with E-state index in [9.17, 15) is 9.90 Å². The summed E-state index contributed by atoms with van der Waals surface area (Å²) < 4.78 is 0. The number of nitrogens with zero attached hydrogens (tertiary/aromatic N) is 2. The normalized spacial score (nSPS) is 12.1. The van der Waals surface area contributed by atoms with Gasteiger partial charge in [-0.1, -0.05) is 72.8 Å². The number of benzene rings is 4. The van der Waals surface area contributed by atoms with Crippen LogP contribution in [0.4, 0.5) is 5.82 Å². The minimum absolute atomic E-state index is 0.116. The molecule has 1 heterocycles. The van der Waals surface area contributed by atoms with E-state index in [2.05, 4.69) is 23.5 Å². The molecule has 1 amide bonds. The molecule has 5 aromatic rings. The SMILES string of the molecule is O=C(Cc1ccc2ccccc2c1)Nc1nc2c(nc1Cc1ccccc1)-c1ccc(O)cc1CC2. The number of phenolic OH excluding ortho intramolecular Hbond substituents is 1. The lowest BCUT2D eigenvalue weighted by Crippen LogP contribution is -2.20. The second-order valence-electron chi connectivity index (χ2n) is 9.22. The van der Waals surface area contributed by atoms with Gasteiger partial charge >= 0.3 is 0 Å². The molecule has 0 atom stereocenters. The Bertz CT molecular complexity index is 1600. The fourth-order valence-corrected chi connectivity index (χ4v) is 4.89. The second kappa shape index (κ2) is 9.27. The van der Waals surface area contributed by atoms with Gasteiger partial charge in [0.2, 0.25) is 5.91 Å². The number of aryl methyl sites for hydroxylation is 2. The molecular weight excluding hydrogens is 446 g/mol. The van der Waals surface area contributed by atoms with E-state index in [1.54, 1.807) is 12.1 Å². The van der Waals surface area contributed by atoms with Gasteiger partial charge in [-0.2, -0.15) is 0 Å². The third kappa shape index (κ3) is 4.43. The van der Waals surface area contributed by atoms with Crippen LogP contribution in [0.1, 0.15) is 28.1 Å². The summed E-state index contributed by atoms with van der Waals surface area (Å²) >= 11 is 0. The zero-order valence-electron chi connectivity index (χ0n) is 19.7. The van der Waals surface area contributed by atoms with E-state index >= 15 is 0 Å². The van der Waals surface area contributed by atoms with E-state index in [0.29, 0.717) is 18.7 Å². The Hall–Kier alpha value is -4.51. The van der Waals surface area contributed by atoms with Crippen molar-refractivity contribution in [3.63, 3.8) is 0 Å².